The number of aryl methyl sites for hydroxylation is 2. The van der Waals surface area contributed by atoms with Crippen LogP contribution in [0.15, 0.2) is 158 Å². The van der Waals surface area contributed by atoms with Gasteiger partial charge in [-0.15, -0.1) is 0 Å². The van der Waals surface area contributed by atoms with E-state index < -0.39 is 6.15 Å². The third-order valence-corrected chi connectivity index (χ3v) is 9.73. The smallest absolute Gasteiger partial charge is 0.195 e. The lowest BCUT2D eigenvalue weighted by molar-refractivity contribution is -0.326. The van der Waals surface area contributed by atoms with Crippen LogP contribution in [-0.2, 0) is 5.41 Å². The van der Waals surface area contributed by atoms with Gasteiger partial charge in [0.05, 0.1) is 0 Å². The van der Waals surface area contributed by atoms with Gasteiger partial charge in [-0.1, -0.05) is 172 Å². The highest BCUT2D eigenvalue weighted by molar-refractivity contribution is 7.19. The SMILES string of the molecule is Cc1ccc([IH+])c(-c2ccc(C(C)(C)C)cc2C)c1.c1ccc([B-](c2ccccc2)(c2ccccc2)c2ccccc2)cc1. The molecule has 0 N–H and O–H groups in total. The normalized spacial score (nSPS) is 11.4. The van der Waals surface area contributed by atoms with Crippen LogP contribution in [0.3, 0.4) is 0 Å². The van der Waals surface area contributed by atoms with E-state index in [0.29, 0.717) is 0 Å². The van der Waals surface area contributed by atoms with Crippen LogP contribution in [0.5, 0.6) is 0 Å². The average Bonchev–Trinajstić information content (AvgIpc) is 3.05. The van der Waals surface area contributed by atoms with Gasteiger partial charge < -0.3 is 0 Å². The molecule has 0 aliphatic rings. The summed E-state index contributed by atoms with van der Waals surface area (Å²) in [4.78, 5) is 0. The first-order valence-electron chi connectivity index (χ1n) is 15.5. The fraction of sp³-hybridized carbons (Fsp3) is 0.143. The van der Waals surface area contributed by atoms with Crippen molar-refractivity contribution in [2.45, 2.75) is 40.0 Å². The molecule has 0 bridgehead atoms. The van der Waals surface area contributed by atoms with Gasteiger partial charge in [0.1, 0.15) is 6.15 Å². The van der Waals surface area contributed by atoms with E-state index in [1.54, 1.807) is 0 Å². The Labute approximate surface area is 278 Å². The second kappa shape index (κ2) is 13.8. The maximum atomic E-state index is 2.33. The molecule has 0 fully saturated rings. The molecule has 0 aliphatic carbocycles. The van der Waals surface area contributed by atoms with Crippen molar-refractivity contribution in [1.82, 2.24) is 0 Å². The van der Waals surface area contributed by atoms with Crippen molar-refractivity contribution in [3.8, 4) is 11.1 Å². The summed E-state index contributed by atoms with van der Waals surface area (Å²) in [5.74, 6) is 0. The van der Waals surface area contributed by atoms with Gasteiger partial charge in [-0.2, -0.15) is 21.9 Å². The molecule has 0 aliphatic heterocycles. The molecule has 6 aromatic carbocycles. The van der Waals surface area contributed by atoms with Crippen LogP contribution in [0.1, 0.15) is 37.5 Å². The summed E-state index contributed by atoms with van der Waals surface area (Å²) >= 11 is 2.11. The molecule has 0 atom stereocenters. The van der Waals surface area contributed by atoms with E-state index in [2.05, 4.69) is 215 Å². The van der Waals surface area contributed by atoms with Crippen molar-refractivity contribution < 1.29 is 22.6 Å². The standard InChI is InChI=1S/C24H20B.C18H22I/c1-5-13-21(14-6-1)25(22-15-7-2-8-16-22,23-17-9-3-10-18-23)24-19-11-4-12-20-24;1-12-6-9-17(19)16(10-12)15-8-7-14(11-13(15)2)18(3,4)5/h1-20H;6-11,19H,1-5H3/q-1;+1. The highest BCUT2D eigenvalue weighted by atomic mass is 127. The van der Waals surface area contributed by atoms with Gasteiger partial charge in [-0.25, -0.2) is 0 Å². The van der Waals surface area contributed by atoms with Crippen molar-refractivity contribution in [3.05, 3.63) is 178 Å². The summed E-state index contributed by atoms with van der Waals surface area (Å²) in [6, 6.07) is 57.1. The molecule has 0 unspecified atom stereocenters. The zero-order chi connectivity index (χ0) is 31.2. The highest BCUT2D eigenvalue weighted by Gasteiger charge is 2.31. The first-order valence-corrected chi connectivity index (χ1v) is 16.6. The zero-order valence-electron chi connectivity index (χ0n) is 26.5. The van der Waals surface area contributed by atoms with Crippen LogP contribution in [0.25, 0.3) is 11.1 Å². The largest absolute Gasteiger partial charge is 0.297 e. The molecule has 0 spiro atoms. The fourth-order valence-electron chi connectivity index (χ4n) is 6.41. The molecule has 0 saturated carbocycles. The summed E-state index contributed by atoms with van der Waals surface area (Å²) in [5.41, 5.74) is 12.4. The van der Waals surface area contributed by atoms with E-state index in [4.69, 9.17) is 0 Å². The molecule has 6 rings (SSSR count). The second-order valence-electron chi connectivity index (χ2n) is 12.8. The van der Waals surface area contributed by atoms with Crippen molar-refractivity contribution in [2.24, 2.45) is 0 Å². The molecule has 44 heavy (non-hydrogen) atoms. The third-order valence-electron chi connectivity index (χ3n) is 8.72. The van der Waals surface area contributed by atoms with E-state index in [0.717, 1.165) is 0 Å². The highest BCUT2D eigenvalue weighted by Crippen LogP contribution is 2.29. The molecular weight excluding hydrogens is 642 g/mol. The van der Waals surface area contributed by atoms with Gasteiger partial charge in [0.15, 0.2) is 3.57 Å². The zero-order valence-corrected chi connectivity index (χ0v) is 28.8. The predicted molar refractivity (Wildman–Crippen MR) is 190 cm³/mol. The van der Waals surface area contributed by atoms with Gasteiger partial charge in [-0.3, -0.25) is 0 Å². The van der Waals surface area contributed by atoms with Gasteiger partial charge >= 0.3 is 0 Å². The monoisotopic (exact) mass is 684 g/mol. The Kier molecular flexibility index (Phi) is 9.91. The Balaban J connectivity index is 0.000000182. The molecule has 0 nitrogen and oxygen atoms in total. The first-order chi connectivity index (χ1) is 21.2. The predicted octanol–water partition coefficient (Wildman–Crippen LogP) is 4.79. The number of hydrogen-bond donors (Lipinski definition) is 0. The van der Waals surface area contributed by atoms with Gasteiger partial charge in [-0.05, 0) is 48.1 Å². The van der Waals surface area contributed by atoms with E-state index in [-0.39, 0.29) is 5.41 Å². The maximum absolute atomic E-state index is 2.33. The molecule has 0 radical (unpaired) electrons. The summed E-state index contributed by atoms with van der Waals surface area (Å²) in [6.07, 6.45) is -1.22. The summed E-state index contributed by atoms with van der Waals surface area (Å²) < 4.78 is 1.35. The third kappa shape index (κ3) is 6.76. The first kappa shape index (κ1) is 31.5. The van der Waals surface area contributed by atoms with E-state index in [1.165, 1.54) is 53.2 Å². The molecule has 6 aromatic rings. The van der Waals surface area contributed by atoms with Crippen LogP contribution in [-0.4, -0.2) is 6.15 Å². The number of benzene rings is 6. The Morgan fingerprint density at radius 1 is 0.455 bits per heavy atom. The van der Waals surface area contributed by atoms with Gasteiger partial charge in [0.25, 0.3) is 22.6 Å². The molecule has 0 saturated heterocycles. The topological polar surface area (TPSA) is 0 Å². The van der Waals surface area contributed by atoms with Crippen molar-refractivity contribution in [3.63, 3.8) is 0 Å². The van der Waals surface area contributed by atoms with Crippen molar-refractivity contribution in [2.75, 3.05) is 0 Å². The molecule has 0 heterocycles. The second-order valence-corrected chi connectivity index (χ2v) is 14.0. The number of halogens is 1. The summed E-state index contributed by atoms with van der Waals surface area (Å²) in [7, 11) is 0. The van der Waals surface area contributed by atoms with E-state index in [9.17, 15) is 0 Å². The van der Waals surface area contributed by atoms with Gasteiger partial charge in [0.2, 0.25) is 0 Å². The summed E-state index contributed by atoms with van der Waals surface area (Å²) in [6.45, 7) is 11.2. The van der Waals surface area contributed by atoms with Crippen LogP contribution < -0.4 is 44.4 Å². The lowest BCUT2D eigenvalue weighted by atomic mass is 9.13. The van der Waals surface area contributed by atoms with Crippen LogP contribution in [0.2, 0.25) is 0 Å². The lowest BCUT2D eigenvalue weighted by Gasteiger charge is -2.44. The van der Waals surface area contributed by atoms with Crippen LogP contribution in [0.4, 0.5) is 0 Å². The van der Waals surface area contributed by atoms with Crippen LogP contribution >= 0.6 is 0 Å². The Bertz CT molecular complexity index is 1620. The summed E-state index contributed by atoms with van der Waals surface area (Å²) in [5, 5.41) is 0. The minimum Gasteiger partial charge on any atom is -0.195 e. The minimum absolute atomic E-state index is 0.214. The van der Waals surface area contributed by atoms with Crippen molar-refractivity contribution >= 4 is 28.0 Å². The fourth-order valence-corrected chi connectivity index (χ4v) is 7.08. The number of rotatable bonds is 5. The Morgan fingerprint density at radius 3 is 1.23 bits per heavy atom. The molecule has 220 valence electrons. The van der Waals surface area contributed by atoms with Crippen molar-refractivity contribution in [1.29, 1.82) is 0 Å². The Hall–Kier alpha value is -3.89. The van der Waals surface area contributed by atoms with Gasteiger partial charge in [0, 0.05) is 5.56 Å². The number of hydrogen-bond acceptors (Lipinski definition) is 0. The van der Waals surface area contributed by atoms with E-state index >= 15 is 0 Å². The molecule has 0 amide bonds. The molecular formula is C42H42BI. The minimum atomic E-state index is -1.22. The molecule has 2 heteroatoms. The van der Waals surface area contributed by atoms with E-state index in [1.807, 2.05) is 0 Å². The Morgan fingerprint density at radius 2 is 0.864 bits per heavy atom. The lowest BCUT2D eigenvalue weighted by Crippen LogP contribution is -3.34. The maximum Gasteiger partial charge on any atom is 0.297 e. The quantitative estimate of drug-likeness (QED) is 0.181. The van der Waals surface area contributed by atoms with Crippen LogP contribution in [0, 0.1) is 17.4 Å². The average molecular weight is 685 g/mol. The molecule has 0 aromatic heterocycles.